The van der Waals surface area contributed by atoms with Crippen molar-refractivity contribution in [1.82, 2.24) is 5.32 Å². The summed E-state index contributed by atoms with van der Waals surface area (Å²) in [6, 6.07) is 19.7. The molecule has 0 bridgehead atoms. The largest absolute Gasteiger partial charge is 0.489 e. The summed E-state index contributed by atoms with van der Waals surface area (Å²) in [6.45, 7) is 7.45. The molecule has 0 spiro atoms. The van der Waals surface area contributed by atoms with E-state index in [0.717, 1.165) is 60.5 Å². The number of aliphatic carboxylic acids is 2. The van der Waals surface area contributed by atoms with Crippen LogP contribution < -0.4 is 24.6 Å². The van der Waals surface area contributed by atoms with Crippen molar-refractivity contribution in [2.45, 2.75) is 63.7 Å². The Morgan fingerprint density at radius 1 is 0.930 bits per heavy atom. The van der Waals surface area contributed by atoms with Crippen LogP contribution in [0.5, 0.6) is 17.2 Å². The van der Waals surface area contributed by atoms with Gasteiger partial charge in [-0.2, -0.15) is 13.2 Å². The lowest BCUT2D eigenvalue weighted by Gasteiger charge is -2.35. The summed E-state index contributed by atoms with van der Waals surface area (Å²) >= 11 is 28.6. The van der Waals surface area contributed by atoms with E-state index in [2.05, 4.69) is 19.2 Å². The number of methoxy groups -OCH3 is 1. The molecule has 2 atom stereocenters. The Labute approximate surface area is 431 Å². The monoisotopic (exact) mass is 1120 g/mol. The fourth-order valence-corrected chi connectivity index (χ4v) is 7.13. The van der Waals surface area contributed by atoms with Crippen molar-refractivity contribution in [2.75, 3.05) is 49.0 Å². The molecular formula is C45H50Cl5F3N3O14P. The average Bonchev–Trinajstić information content (AvgIpc) is 3.30. The Bertz CT molecular complexity index is 2480. The van der Waals surface area contributed by atoms with Gasteiger partial charge in [-0.05, 0) is 86.3 Å². The summed E-state index contributed by atoms with van der Waals surface area (Å²) in [7, 11) is -2.52. The number of carboxylic acids is 2. The van der Waals surface area contributed by atoms with Gasteiger partial charge in [0.1, 0.15) is 36.5 Å². The highest BCUT2D eigenvalue weighted by Gasteiger charge is 2.33. The van der Waals surface area contributed by atoms with Crippen LogP contribution in [-0.2, 0) is 52.2 Å². The molecule has 0 aromatic heterocycles. The average molecular weight is 1120 g/mol. The number of aryl methyl sites for hydroxylation is 2. The fraction of sp³-hybridized carbons (Fsp3) is 0.356. The number of para-hydroxylation sites is 3. The van der Waals surface area contributed by atoms with Crippen molar-refractivity contribution in [3.05, 3.63) is 111 Å². The van der Waals surface area contributed by atoms with Crippen molar-refractivity contribution >= 4 is 107 Å². The van der Waals surface area contributed by atoms with Gasteiger partial charge in [0.25, 0.3) is 5.91 Å². The highest BCUT2D eigenvalue weighted by molar-refractivity contribution is 7.51. The molecule has 0 saturated carbocycles. The van der Waals surface area contributed by atoms with Gasteiger partial charge < -0.3 is 43.8 Å². The zero-order valence-electron chi connectivity index (χ0n) is 38.4. The first kappa shape index (κ1) is 62.3. The number of carbonyl (C=O) groups is 5. The van der Waals surface area contributed by atoms with Gasteiger partial charge in [0.2, 0.25) is 5.91 Å². The minimum Gasteiger partial charge on any atom is -0.489 e. The van der Waals surface area contributed by atoms with Crippen LogP contribution in [-0.4, -0.2) is 106 Å². The Hall–Kier alpha value is -4.86. The molecule has 1 aliphatic rings. The number of rotatable bonds is 16. The molecule has 0 saturated heterocycles. The summed E-state index contributed by atoms with van der Waals surface area (Å²) in [4.78, 5) is 74.9. The fourth-order valence-electron chi connectivity index (χ4n) is 5.96. The maximum Gasteiger partial charge on any atom is 0.416 e. The van der Waals surface area contributed by atoms with Crippen molar-refractivity contribution in [3.63, 3.8) is 0 Å². The molecule has 5 N–H and O–H groups in total. The number of alkyl halides is 6. The van der Waals surface area contributed by atoms with Gasteiger partial charge in [-0.3, -0.25) is 29.2 Å². The van der Waals surface area contributed by atoms with Crippen LogP contribution in [0.15, 0.2) is 78.9 Å². The van der Waals surface area contributed by atoms with Crippen LogP contribution in [0.3, 0.4) is 0 Å². The third-order valence-corrected chi connectivity index (χ3v) is 11.1. The number of benzene rings is 4. The van der Waals surface area contributed by atoms with E-state index in [9.17, 15) is 41.7 Å². The Morgan fingerprint density at radius 2 is 1.55 bits per heavy atom. The van der Waals surface area contributed by atoms with Crippen LogP contribution in [0.4, 0.5) is 24.5 Å². The number of carboxylic acid groups (broad SMARTS) is 2. The lowest BCUT2D eigenvalue weighted by Crippen LogP contribution is -2.47. The third kappa shape index (κ3) is 20.3. The van der Waals surface area contributed by atoms with E-state index >= 15 is 0 Å². The molecule has 4 aromatic rings. The molecule has 4 aromatic carbocycles. The Balaban J connectivity index is 0.000000344. The molecule has 2 amide bonds. The topological polar surface area (TPSA) is 239 Å². The lowest BCUT2D eigenvalue weighted by molar-refractivity contribution is -0.146. The number of ether oxygens (including phenoxy) is 4. The highest BCUT2D eigenvalue weighted by atomic mass is 35.5. The SMILES string of the molecule is CC1COc2ccccc2N1C(=O)C(Cl)Cl.CCc1cccc(CC)c1N(COC)C(=O)CCl.C[C@H](OC(=O)c1cc(Oc2ccc(C(F)(F)F)cc2Cl)ccc1Cl)C(=O)O.O=C(O)CNCP(=O)(O)O. The molecule has 71 heavy (non-hydrogen) atoms. The molecule has 1 aliphatic heterocycles. The van der Waals surface area contributed by atoms with Crippen molar-refractivity contribution in [3.8, 4) is 17.2 Å². The maximum absolute atomic E-state index is 12.7. The minimum absolute atomic E-state index is 0.0246. The molecule has 0 fully saturated rings. The first-order valence-electron chi connectivity index (χ1n) is 20.7. The normalized spacial score (nSPS) is 13.3. The summed E-state index contributed by atoms with van der Waals surface area (Å²) < 4.78 is 68.8. The molecule has 1 heterocycles. The number of esters is 1. The van der Waals surface area contributed by atoms with E-state index in [1.807, 2.05) is 49.4 Å². The van der Waals surface area contributed by atoms with Gasteiger partial charge in [-0.15, -0.1) is 11.6 Å². The molecule has 26 heteroatoms. The van der Waals surface area contributed by atoms with E-state index in [4.69, 9.17) is 97.0 Å². The van der Waals surface area contributed by atoms with Crippen LogP contribution in [0.1, 0.15) is 54.7 Å². The van der Waals surface area contributed by atoms with Crippen molar-refractivity contribution in [1.29, 1.82) is 0 Å². The molecular weight excluding hydrogens is 1070 g/mol. The number of amides is 2. The first-order valence-corrected chi connectivity index (χ1v) is 24.7. The summed E-state index contributed by atoms with van der Waals surface area (Å²) in [5, 5.41) is 18.5. The number of halogens is 8. The van der Waals surface area contributed by atoms with Crippen LogP contribution in [0, 0.1) is 0 Å². The number of nitrogens with zero attached hydrogens (tertiary/aromatic N) is 2. The summed E-state index contributed by atoms with van der Waals surface area (Å²) in [6.07, 6.45) is -4.81. The highest BCUT2D eigenvalue weighted by Crippen LogP contribution is 2.38. The van der Waals surface area contributed by atoms with Gasteiger partial charge in [-0.1, -0.05) is 90.6 Å². The molecule has 1 unspecified atom stereocenters. The van der Waals surface area contributed by atoms with E-state index in [0.29, 0.717) is 18.4 Å². The predicted octanol–water partition coefficient (Wildman–Crippen LogP) is 9.82. The molecule has 390 valence electrons. The summed E-state index contributed by atoms with van der Waals surface area (Å²) in [5.74, 6) is -3.33. The lowest BCUT2D eigenvalue weighted by atomic mass is 10.0. The number of fused-ring (bicyclic) bond motifs is 1. The van der Waals surface area contributed by atoms with Gasteiger partial charge in [0, 0.05) is 7.11 Å². The van der Waals surface area contributed by atoms with E-state index in [1.54, 1.807) is 16.9 Å². The molecule has 0 aliphatic carbocycles. The van der Waals surface area contributed by atoms with Crippen LogP contribution in [0.2, 0.25) is 10.0 Å². The smallest absolute Gasteiger partial charge is 0.416 e. The Kier molecular flexibility index (Phi) is 26.0. The van der Waals surface area contributed by atoms with Crippen molar-refractivity contribution < 1.29 is 80.7 Å². The number of anilines is 2. The second-order valence-electron chi connectivity index (χ2n) is 14.6. The maximum atomic E-state index is 12.7. The second kappa shape index (κ2) is 29.6. The Morgan fingerprint density at radius 3 is 2.06 bits per heavy atom. The molecule has 17 nitrogen and oxygen atoms in total. The van der Waals surface area contributed by atoms with E-state index in [1.165, 1.54) is 12.1 Å². The number of hydrogen-bond donors (Lipinski definition) is 5. The number of nitrogens with one attached hydrogen (secondary N) is 1. The first-order chi connectivity index (χ1) is 33.2. The molecule has 0 radical (unpaired) electrons. The number of carbonyl (C=O) groups excluding carboxylic acids is 3. The zero-order chi connectivity index (χ0) is 53.8. The quantitative estimate of drug-likeness (QED) is 0.0304. The predicted molar refractivity (Wildman–Crippen MR) is 263 cm³/mol. The van der Waals surface area contributed by atoms with Gasteiger partial charge in [0.15, 0.2) is 10.9 Å². The zero-order valence-corrected chi connectivity index (χ0v) is 43.1. The minimum atomic E-state index is -4.56. The van der Waals surface area contributed by atoms with Gasteiger partial charge in [0.05, 0.1) is 51.4 Å². The molecule has 5 rings (SSSR count). The van der Waals surface area contributed by atoms with Gasteiger partial charge >= 0.3 is 31.7 Å². The van der Waals surface area contributed by atoms with Crippen LogP contribution >= 0.6 is 65.6 Å². The number of hydrogen-bond acceptors (Lipinski definition) is 11. The van der Waals surface area contributed by atoms with E-state index in [-0.39, 0.29) is 57.6 Å². The third-order valence-electron chi connectivity index (χ3n) is 9.25. The van der Waals surface area contributed by atoms with Crippen LogP contribution in [0.25, 0.3) is 0 Å². The van der Waals surface area contributed by atoms with Gasteiger partial charge in [-0.25, -0.2) is 9.59 Å². The van der Waals surface area contributed by atoms with E-state index < -0.39 is 61.0 Å². The summed E-state index contributed by atoms with van der Waals surface area (Å²) in [5.41, 5.74) is 2.84. The second-order valence-corrected chi connectivity index (χ2v) is 18.4. The standard InChI is InChI=1S/C17H11Cl2F3O5.C14H20ClNO2.C11H11Cl2NO2.C3H8NO5P/c1-8(15(23)24)26-16(25)11-7-10(3-4-12(11)18)27-14-5-2-9(6-13(14)19)17(20,21)22;1-4-11-7-6-8-12(5-2)14(11)16(10-18-3)13(17)9-15;1-7-6-16-9-5-3-2-4-8(9)14(7)11(15)10(12)13;5-3(6)1-4-2-10(7,8)9/h2-8H,1H3,(H,23,24);6-8H,4-5,9-10H2,1-3H3;2-5,7,10H,6H2,1H3;4H,1-2H2,(H,5,6)(H2,7,8,9)/t8-;;;/m0.../s1. The van der Waals surface area contributed by atoms with Crippen molar-refractivity contribution in [2.24, 2.45) is 0 Å².